The fraction of sp³-hybridized carbons (Fsp3) is 0.556. The first-order valence-electron chi connectivity index (χ1n) is 4.02. The molecule has 1 aliphatic heterocycles. The smallest absolute Gasteiger partial charge is 0.176 e. The van der Waals surface area contributed by atoms with E-state index >= 15 is 0 Å². The number of ketones is 1. The fourth-order valence-electron chi connectivity index (χ4n) is 1.28. The number of rotatable bonds is 1. The van der Waals surface area contributed by atoms with Crippen molar-refractivity contribution < 1.29 is 4.79 Å². The largest absolute Gasteiger partial charge is 0.370 e. The van der Waals surface area contributed by atoms with Gasteiger partial charge in [0.2, 0.25) is 0 Å². The topological polar surface area (TPSA) is 32.7 Å². The van der Waals surface area contributed by atoms with Crippen LogP contribution in [0, 0.1) is 0 Å². The molecule has 0 aliphatic carbocycles. The predicted molar refractivity (Wildman–Crippen MR) is 49.1 cm³/mol. The first-order chi connectivity index (χ1) is 5.52. The Balaban J connectivity index is 2.98. The van der Waals surface area contributed by atoms with Crippen LogP contribution in [-0.4, -0.2) is 29.5 Å². The maximum absolute atomic E-state index is 11.1. The van der Waals surface area contributed by atoms with Gasteiger partial charge in [0.05, 0.1) is 11.7 Å². The summed E-state index contributed by atoms with van der Waals surface area (Å²) in [5.41, 5.74) is 1.54. The van der Waals surface area contributed by atoms with E-state index in [4.69, 9.17) is 0 Å². The molecule has 0 aromatic heterocycles. The Hall–Kier alpha value is -1.12. The number of aliphatic imine (C=N–C) groups is 1. The second-order valence-corrected chi connectivity index (χ2v) is 3.17. The lowest BCUT2D eigenvalue weighted by Crippen LogP contribution is -2.38. The van der Waals surface area contributed by atoms with Crippen molar-refractivity contribution in [3.8, 4) is 0 Å². The van der Waals surface area contributed by atoms with E-state index < -0.39 is 0 Å². The van der Waals surface area contributed by atoms with Crippen molar-refractivity contribution in [2.45, 2.75) is 26.8 Å². The summed E-state index contributed by atoms with van der Waals surface area (Å²) < 4.78 is 0. The fourth-order valence-corrected chi connectivity index (χ4v) is 1.28. The van der Waals surface area contributed by atoms with Gasteiger partial charge in [-0.1, -0.05) is 0 Å². The maximum Gasteiger partial charge on any atom is 0.176 e. The molecule has 0 saturated heterocycles. The average molecular weight is 166 g/mol. The highest BCUT2D eigenvalue weighted by atomic mass is 16.1. The molecule has 0 bridgehead atoms. The molecule has 0 fully saturated rings. The van der Waals surface area contributed by atoms with Crippen molar-refractivity contribution in [3.63, 3.8) is 0 Å². The van der Waals surface area contributed by atoms with E-state index in [1.807, 2.05) is 32.0 Å². The molecular weight excluding hydrogens is 152 g/mol. The Kier molecular flexibility index (Phi) is 2.31. The molecule has 3 nitrogen and oxygen atoms in total. The monoisotopic (exact) mass is 166 g/mol. The number of allylic oxidation sites excluding steroid dienone is 1. The highest BCUT2D eigenvalue weighted by molar-refractivity contribution is 6.41. The normalized spacial score (nSPS) is 23.3. The van der Waals surface area contributed by atoms with E-state index in [0.29, 0.717) is 5.71 Å². The van der Waals surface area contributed by atoms with Crippen molar-refractivity contribution in [1.29, 1.82) is 0 Å². The second kappa shape index (κ2) is 3.09. The molecule has 12 heavy (non-hydrogen) atoms. The Bertz CT molecular complexity index is 266. The first-order valence-corrected chi connectivity index (χ1v) is 4.02. The number of hydrogen-bond acceptors (Lipinski definition) is 3. The van der Waals surface area contributed by atoms with Crippen LogP contribution < -0.4 is 0 Å². The molecule has 3 heteroatoms. The molecule has 66 valence electrons. The minimum atomic E-state index is 0.0572. The third kappa shape index (κ3) is 1.55. The lowest BCUT2D eigenvalue weighted by molar-refractivity contribution is -0.111. The zero-order valence-electron chi connectivity index (χ0n) is 7.96. The Morgan fingerprint density at radius 2 is 2.25 bits per heavy atom. The van der Waals surface area contributed by atoms with E-state index in [2.05, 4.69) is 4.99 Å². The summed E-state index contributed by atoms with van der Waals surface area (Å²) in [7, 11) is 1.95. The molecule has 1 atom stereocenters. The third-order valence-corrected chi connectivity index (χ3v) is 2.05. The number of Topliss-reactive ketones (excluding diaryl/α,β-unsaturated/α-hetero) is 1. The van der Waals surface area contributed by atoms with Gasteiger partial charge in [-0.15, -0.1) is 0 Å². The van der Waals surface area contributed by atoms with Crippen LogP contribution in [0.15, 0.2) is 16.9 Å². The van der Waals surface area contributed by atoms with Crippen LogP contribution >= 0.6 is 0 Å². The quantitative estimate of drug-likeness (QED) is 0.586. The Labute approximate surface area is 72.8 Å². The highest BCUT2D eigenvalue weighted by Crippen LogP contribution is 2.12. The molecule has 0 aromatic carbocycles. The van der Waals surface area contributed by atoms with Crippen LogP contribution in [0.1, 0.15) is 20.8 Å². The van der Waals surface area contributed by atoms with E-state index in [1.165, 1.54) is 0 Å². The molecule has 0 radical (unpaired) electrons. The van der Waals surface area contributed by atoms with Crippen LogP contribution in [0.2, 0.25) is 0 Å². The Morgan fingerprint density at radius 3 is 2.75 bits per heavy atom. The van der Waals surface area contributed by atoms with Crippen molar-refractivity contribution in [2.75, 3.05) is 7.05 Å². The van der Waals surface area contributed by atoms with Crippen molar-refractivity contribution in [2.24, 2.45) is 4.99 Å². The zero-order chi connectivity index (χ0) is 9.30. The van der Waals surface area contributed by atoms with E-state index in [1.54, 1.807) is 6.92 Å². The molecule has 1 rings (SSSR count). The van der Waals surface area contributed by atoms with Crippen molar-refractivity contribution in [3.05, 3.63) is 11.9 Å². The van der Waals surface area contributed by atoms with Gasteiger partial charge in [0.25, 0.3) is 0 Å². The first kappa shape index (κ1) is 8.97. The Morgan fingerprint density at radius 1 is 1.67 bits per heavy atom. The van der Waals surface area contributed by atoms with Crippen LogP contribution in [-0.2, 0) is 4.79 Å². The van der Waals surface area contributed by atoms with Crippen molar-refractivity contribution >= 4 is 11.5 Å². The summed E-state index contributed by atoms with van der Waals surface area (Å²) in [6.45, 7) is 5.43. The number of nitrogens with zero attached hydrogens (tertiary/aromatic N) is 2. The van der Waals surface area contributed by atoms with Gasteiger partial charge in [0, 0.05) is 20.2 Å². The molecule has 0 spiro atoms. The molecule has 0 saturated carbocycles. The molecule has 1 heterocycles. The lowest BCUT2D eigenvalue weighted by Gasteiger charge is -2.27. The molecule has 1 aliphatic rings. The third-order valence-electron chi connectivity index (χ3n) is 2.05. The van der Waals surface area contributed by atoms with Crippen LogP contribution in [0.3, 0.4) is 0 Å². The maximum atomic E-state index is 11.1. The second-order valence-electron chi connectivity index (χ2n) is 3.17. The molecular formula is C9H14N2O. The van der Waals surface area contributed by atoms with Gasteiger partial charge in [-0.25, -0.2) is 0 Å². The molecule has 0 amide bonds. The minimum absolute atomic E-state index is 0.0572. The van der Waals surface area contributed by atoms with E-state index in [0.717, 1.165) is 5.70 Å². The van der Waals surface area contributed by atoms with Crippen LogP contribution in [0.25, 0.3) is 0 Å². The van der Waals surface area contributed by atoms with Crippen molar-refractivity contribution in [1.82, 2.24) is 4.90 Å². The summed E-state index contributed by atoms with van der Waals surface area (Å²) in [6.07, 6.45) is 1.94. The lowest BCUT2D eigenvalue weighted by atomic mass is 10.1. The SMILES string of the molecule is CC(=O)C1=NC(C)=CN(C)C1C. The number of carbonyl (C=O) groups excluding carboxylic acids is 1. The molecule has 1 unspecified atom stereocenters. The van der Waals surface area contributed by atoms with E-state index in [9.17, 15) is 4.79 Å². The average Bonchev–Trinajstić information content (AvgIpc) is 1.96. The molecule has 0 aromatic rings. The van der Waals surface area contributed by atoms with Crippen LogP contribution in [0.5, 0.6) is 0 Å². The summed E-state index contributed by atoms with van der Waals surface area (Å²) >= 11 is 0. The summed E-state index contributed by atoms with van der Waals surface area (Å²) in [5.74, 6) is 0.0572. The molecule has 0 N–H and O–H groups in total. The van der Waals surface area contributed by atoms with Gasteiger partial charge in [0.15, 0.2) is 5.78 Å². The van der Waals surface area contributed by atoms with Gasteiger partial charge in [-0.2, -0.15) is 0 Å². The van der Waals surface area contributed by atoms with Gasteiger partial charge >= 0.3 is 0 Å². The zero-order valence-corrected chi connectivity index (χ0v) is 7.96. The van der Waals surface area contributed by atoms with Gasteiger partial charge in [0.1, 0.15) is 5.71 Å². The number of carbonyl (C=O) groups is 1. The summed E-state index contributed by atoms with van der Waals surface area (Å²) in [5, 5.41) is 0. The van der Waals surface area contributed by atoms with Crippen LogP contribution in [0.4, 0.5) is 0 Å². The minimum Gasteiger partial charge on any atom is -0.370 e. The number of hydrogen-bond donors (Lipinski definition) is 0. The summed E-state index contributed by atoms with van der Waals surface area (Å²) in [6, 6.07) is 0.103. The van der Waals surface area contributed by atoms with Gasteiger partial charge in [-0.3, -0.25) is 9.79 Å². The van der Waals surface area contributed by atoms with E-state index in [-0.39, 0.29) is 11.8 Å². The standard InChI is InChI=1S/C9H14N2O/c1-6-5-11(4)7(2)9(10-6)8(3)12/h5,7H,1-4H3. The van der Waals surface area contributed by atoms with Gasteiger partial charge < -0.3 is 4.90 Å². The summed E-state index contributed by atoms with van der Waals surface area (Å²) in [4.78, 5) is 17.3. The van der Waals surface area contributed by atoms with Gasteiger partial charge in [-0.05, 0) is 13.8 Å². The predicted octanol–water partition coefficient (Wildman–Crippen LogP) is 1.21. The highest BCUT2D eigenvalue weighted by Gasteiger charge is 2.21.